The third-order valence-electron chi connectivity index (χ3n) is 4.31. The molecule has 1 heterocycles. The van der Waals surface area contributed by atoms with Crippen LogP contribution in [0.3, 0.4) is 0 Å². The summed E-state index contributed by atoms with van der Waals surface area (Å²) in [7, 11) is 0. The van der Waals surface area contributed by atoms with Gasteiger partial charge in [0.15, 0.2) is 0 Å². The van der Waals surface area contributed by atoms with Gasteiger partial charge >= 0.3 is 0 Å². The lowest BCUT2D eigenvalue weighted by atomic mass is 10.1. The van der Waals surface area contributed by atoms with Gasteiger partial charge in [0, 0.05) is 23.5 Å². The SMILES string of the molecule is Cc1ccc(NC(=O)c2ccc(=O)n(Cc3ccccc3F)c2)cc1C. The zero-order valence-corrected chi connectivity index (χ0v) is 14.6. The summed E-state index contributed by atoms with van der Waals surface area (Å²) in [5.74, 6) is -0.708. The third-order valence-corrected chi connectivity index (χ3v) is 4.31. The lowest BCUT2D eigenvalue weighted by Gasteiger charge is -2.10. The molecule has 0 spiro atoms. The molecule has 0 bridgehead atoms. The number of aryl methyl sites for hydroxylation is 2. The van der Waals surface area contributed by atoms with Crippen LogP contribution in [-0.4, -0.2) is 10.5 Å². The number of pyridine rings is 1. The van der Waals surface area contributed by atoms with Gasteiger partial charge in [-0.1, -0.05) is 24.3 Å². The third kappa shape index (κ3) is 3.88. The minimum atomic E-state index is -0.385. The van der Waals surface area contributed by atoms with Gasteiger partial charge in [0.25, 0.3) is 11.5 Å². The van der Waals surface area contributed by atoms with E-state index in [1.807, 2.05) is 32.0 Å². The van der Waals surface area contributed by atoms with Gasteiger partial charge in [-0.05, 0) is 49.2 Å². The van der Waals surface area contributed by atoms with Gasteiger partial charge in [0.05, 0.1) is 12.1 Å². The van der Waals surface area contributed by atoms with Crippen LogP contribution in [0.1, 0.15) is 27.0 Å². The fourth-order valence-corrected chi connectivity index (χ4v) is 2.62. The van der Waals surface area contributed by atoms with E-state index in [9.17, 15) is 14.0 Å². The summed E-state index contributed by atoms with van der Waals surface area (Å²) < 4.78 is 15.2. The van der Waals surface area contributed by atoms with Crippen LogP contribution in [0.4, 0.5) is 10.1 Å². The molecule has 0 atom stereocenters. The second-order valence-corrected chi connectivity index (χ2v) is 6.23. The summed E-state index contributed by atoms with van der Waals surface area (Å²) in [4.78, 5) is 24.6. The fourth-order valence-electron chi connectivity index (χ4n) is 2.62. The van der Waals surface area contributed by atoms with E-state index in [0.29, 0.717) is 16.8 Å². The van der Waals surface area contributed by atoms with Gasteiger partial charge in [-0.15, -0.1) is 0 Å². The quantitative estimate of drug-likeness (QED) is 0.776. The molecule has 0 aliphatic rings. The summed E-state index contributed by atoms with van der Waals surface area (Å²) in [5, 5.41) is 2.82. The predicted octanol–water partition coefficient (Wildman–Crippen LogP) is 3.90. The Kier molecular flexibility index (Phi) is 4.98. The van der Waals surface area contributed by atoms with E-state index < -0.39 is 0 Å². The highest BCUT2D eigenvalue weighted by Crippen LogP contribution is 2.15. The van der Waals surface area contributed by atoms with Crippen LogP contribution < -0.4 is 10.9 Å². The standard InChI is InChI=1S/C21H19FN2O2/c1-14-7-9-18(11-15(14)2)23-21(26)17-8-10-20(25)24(13-17)12-16-5-3-4-6-19(16)22/h3-11,13H,12H2,1-2H3,(H,23,26). The predicted molar refractivity (Wildman–Crippen MR) is 100 cm³/mol. The molecule has 0 aliphatic carbocycles. The smallest absolute Gasteiger partial charge is 0.257 e. The van der Waals surface area contributed by atoms with Crippen molar-refractivity contribution in [1.29, 1.82) is 0 Å². The van der Waals surface area contributed by atoms with E-state index in [-0.39, 0.29) is 23.8 Å². The van der Waals surface area contributed by atoms with Crippen LogP contribution in [0.15, 0.2) is 65.6 Å². The Bertz CT molecular complexity index is 1020. The Morgan fingerprint density at radius 1 is 1.04 bits per heavy atom. The molecule has 0 saturated carbocycles. The van der Waals surface area contributed by atoms with Gasteiger partial charge in [-0.25, -0.2) is 4.39 Å². The minimum Gasteiger partial charge on any atom is -0.322 e. The van der Waals surface area contributed by atoms with Crippen molar-refractivity contribution in [2.24, 2.45) is 0 Å². The molecule has 0 radical (unpaired) electrons. The molecule has 5 heteroatoms. The highest BCUT2D eigenvalue weighted by atomic mass is 19.1. The number of nitrogens with one attached hydrogen (secondary N) is 1. The summed E-state index contributed by atoms with van der Waals surface area (Å²) in [5.41, 5.74) is 3.33. The van der Waals surface area contributed by atoms with Gasteiger partial charge in [-0.2, -0.15) is 0 Å². The summed E-state index contributed by atoms with van der Waals surface area (Å²) in [6, 6.07) is 14.7. The number of aromatic nitrogens is 1. The van der Waals surface area contributed by atoms with Crippen molar-refractivity contribution >= 4 is 11.6 Å². The Balaban J connectivity index is 1.84. The summed E-state index contributed by atoms with van der Waals surface area (Å²) in [6.07, 6.45) is 1.45. The van der Waals surface area contributed by atoms with Crippen molar-refractivity contribution in [2.75, 3.05) is 5.32 Å². The number of carbonyl (C=O) groups is 1. The number of benzene rings is 2. The second-order valence-electron chi connectivity index (χ2n) is 6.23. The van der Waals surface area contributed by atoms with Crippen LogP contribution >= 0.6 is 0 Å². The maximum atomic E-state index is 13.8. The monoisotopic (exact) mass is 350 g/mol. The first-order valence-corrected chi connectivity index (χ1v) is 8.26. The molecule has 1 N–H and O–H groups in total. The van der Waals surface area contributed by atoms with Gasteiger partial charge in [0.1, 0.15) is 5.82 Å². The number of anilines is 1. The number of carbonyl (C=O) groups excluding carboxylic acids is 1. The normalized spacial score (nSPS) is 10.6. The molecule has 1 aromatic heterocycles. The molecule has 3 aromatic rings. The Morgan fingerprint density at radius 2 is 1.81 bits per heavy atom. The summed E-state index contributed by atoms with van der Waals surface area (Å²) >= 11 is 0. The molecule has 3 rings (SSSR count). The van der Waals surface area contributed by atoms with Crippen molar-refractivity contribution in [3.05, 3.63) is 99.2 Å². The van der Waals surface area contributed by atoms with Crippen LogP contribution in [0.5, 0.6) is 0 Å². The number of nitrogens with zero attached hydrogens (tertiary/aromatic N) is 1. The number of rotatable bonds is 4. The zero-order chi connectivity index (χ0) is 18.7. The molecule has 0 unspecified atom stereocenters. The number of amides is 1. The topological polar surface area (TPSA) is 51.1 Å². The molecule has 0 fully saturated rings. The van der Waals surface area contributed by atoms with E-state index in [2.05, 4.69) is 5.32 Å². The van der Waals surface area contributed by atoms with Crippen LogP contribution in [0.25, 0.3) is 0 Å². The molecule has 4 nitrogen and oxygen atoms in total. The molecule has 0 saturated heterocycles. The van der Waals surface area contributed by atoms with Crippen molar-refractivity contribution in [3.8, 4) is 0 Å². The number of halogens is 1. The van der Waals surface area contributed by atoms with Crippen molar-refractivity contribution < 1.29 is 9.18 Å². The first-order valence-electron chi connectivity index (χ1n) is 8.26. The lowest BCUT2D eigenvalue weighted by Crippen LogP contribution is -2.23. The van der Waals surface area contributed by atoms with Gasteiger partial charge in [0.2, 0.25) is 0 Å². The van der Waals surface area contributed by atoms with Crippen molar-refractivity contribution in [3.63, 3.8) is 0 Å². The highest BCUT2D eigenvalue weighted by molar-refractivity contribution is 6.04. The molecule has 0 aliphatic heterocycles. The molecule has 26 heavy (non-hydrogen) atoms. The van der Waals surface area contributed by atoms with Crippen LogP contribution in [0, 0.1) is 19.7 Å². The average Bonchev–Trinajstić information content (AvgIpc) is 2.62. The molecule has 2 aromatic carbocycles. The molecule has 132 valence electrons. The highest BCUT2D eigenvalue weighted by Gasteiger charge is 2.10. The van der Waals surface area contributed by atoms with Crippen LogP contribution in [0.2, 0.25) is 0 Å². The fraction of sp³-hybridized carbons (Fsp3) is 0.143. The number of hydrogen-bond acceptors (Lipinski definition) is 2. The number of hydrogen-bond donors (Lipinski definition) is 1. The van der Waals surface area contributed by atoms with Gasteiger partial charge < -0.3 is 9.88 Å². The van der Waals surface area contributed by atoms with Gasteiger partial charge in [-0.3, -0.25) is 9.59 Å². The first-order chi connectivity index (χ1) is 12.4. The Morgan fingerprint density at radius 3 is 2.54 bits per heavy atom. The van der Waals surface area contributed by atoms with Crippen LogP contribution in [-0.2, 0) is 6.54 Å². The Labute approximate surface area is 150 Å². The maximum absolute atomic E-state index is 13.8. The van der Waals surface area contributed by atoms with E-state index in [4.69, 9.17) is 0 Å². The average molecular weight is 350 g/mol. The van der Waals surface area contributed by atoms with E-state index in [0.717, 1.165) is 11.1 Å². The maximum Gasteiger partial charge on any atom is 0.257 e. The molecular formula is C21H19FN2O2. The molecular weight excluding hydrogens is 331 g/mol. The summed E-state index contributed by atoms with van der Waals surface area (Å²) in [6.45, 7) is 4.04. The second kappa shape index (κ2) is 7.35. The Hall–Kier alpha value is -3.21. The largest absolute Gasteiger partial charge is 0.322 e. The first kappa shape index (κ1) is 17.6. The van der Waals surface area contributed by atoms with Crippen molar-refractivity contribution in [1.82, 2.24) is 4.57 Å². The van der Waals surface area contributed by atoms with E-state index >= 15 is 0 Å². The van der Waals surface area contributed by atoms with E-state index in [1.165, 1.54) is 29.0 Å². The lowest BCUT2D eigenvalue weighted by molar-refractivity contribution is 0.102. The van der Waals surface area contributed by atoms with E-state index in [1.54, 1.807) is 18.2 Å². The molecule has 1 amide bonds. The van der Waals surface area contributed by atoms with Crippen molar-refractivity contribution in [2.45, 2.75) is 20.4 Å². The minimum absolute atomic E-state index is 0.0657. The zero-order valence-electron chi connectivity index (χ0n) is 14.6.